The van der Waals surface area contributed by atoms with E-state index in [0.717, 1.165) is 24.3 Å². The first kappa shape index (κ1) is 20.0. The first-order valence-electron chi connectivity index (χ1n) is 7.28. The zero-order valence-corrected chi connectivity index (χ0v) is 14.2. The zero-order valence-electron chi connectivity index (χ0n) is 13.4. The number of piperazine rings is 1. The minimum Gasteiger partial charge on any atom is -0.480 e. The van der Waals surface area contributed by atoms with Gasteiger partial charge in [-0.2, -0.15) is 4.31 Å². The number of rotatable bonds is 4. The molecule has 1 N–H and O–H groups in total. The highest BCUT2D eigenvalue weighted by Gasteiger charge is 2.41. The fourth-order valence-electron chi connectivity index (χ4n) is 2.49. The standard InChI is InChI=1S/C14H15F3N2O6S/c1-9(20)18-6-7-19(12(8-18)13(21)22)26(23,24)11-4-2-10(3-5-11)25-14(15,16)17/h2-5,12H,6-8H2,1H3,(H,21,22). The van der Waals surface area contributed by atoms with Gasteiger partial charge in [-0.05, 0) is 24.3 Å². The van der Waals surface area contributed by atoms with E-state index in [0.29, 0.717) is 4.31 Å². The van der Waals surface area contributed by atoms with Crippen LogP contribution in [0.15, 0.2) is 29.2 Å². The van der Waals surface area contributed by atoms with Crippen LogP contribution in [-0.2, 0) is 19.6 Å². The van der Waals surface area contributed by atoms with Gasteiger partial charge in [-0.25, -0.2) is 8.42 Å². The van der Waals surface area contributed by atoms with Crippen molar-refractivity contribution < 1.29 is 41.0 Å². The van der Waals surface area contributed by atoms with Gasteiger partial charge in [0.05, 0.1) is 4.90 Å². The average Bonchev–Trinajstić information content (AvgIpc) is 2.53. The summed E-state index contributed by atoms with van der Waals surface area (Å²) >= 11 is 0. The van der Waals surface area contributed by atoms with Crippen molar-refractivity contribution in [3.63, 3.8) is 0 Å². The summed E-state index contributed by atoms with van der Waals surface area (Å²) in [5.74, 6) is -2.42. The van der Waals surface area contributed by atoms with Crippen LogP contribution in [-0.4, -0.2) is 66.6 Å². The third-order valence-corrected chi connectivity index (χ3v) is 5.65. The number of benzene rings is 1. The summed E-state index contributed by atoms with van der Waals surface area (Å²) in [5.41, 5.74) is 0. The summed E-state index contributed by atoms with van der Waals surface area (Å²) in [6.45, 7) is 0.676. The average molecular weight is 396 g/mol. The van der Waals surface area contributed by atoms with Crippen LogP contribution < -0.4 is 4.74 Å². The molecule has 2 rings (SSSR count). The van der Waals surface area contributed by atoms with E-state index in [9.17, 15) is 36.3 Å². The minimum absolute atomic E-state index is 0.00755. The Bertz CT molecular complexity index is 794. The Labute approximate surface area is 146 Å². The molecule has 0 bridgehead atoms. The zero-order chi connectivity index (χ0) is 19.7. The number of amides is 1. The second kappa shape index (κ2) is 7.11. The quantitative estimate of drug-likeness (QED) is 0.811. The molecule has 1 amide bonds. The second-order valence-electron chi connectivity index (χ2n) is 5.45. The van der Waals surface area contributed by atoms with Crippen molar-refractivity contribution >= 4 is 21.9 Å². The van der Waals surface area contributed by atoms with Crippen molar-refractivity contribution in [3.05, 3.63) is 24.3 Å². The van der Waals surface area contributed by atoms with E-state index in [2.05, 4.69) is 4.74 Å². The minimum atomic E-state index is -4.92. The SMILES string of the molecule is CC(=O)N1CCN(S(=O)(=O)c2ccc(OC(F)(F)F)cc2)C(C(=O)O)C1. The number of sulfonamides is 1. The first-order chi connectivity index (χ1) is 11.9. The molecule has 8 nitrogen and oxygen atoms in total. The molecule has 1 aromatic rings. The maximum absolute atomic E-state index is 12.7. The number of carbonyl (C=O) groups excluding carboxylic acids is 1. The van der Waals surface area contributed by atoms with Crippen LogP contribution in [0, 0.1) is 0 Å². The van der Waals surface area contributed by atoms with Crippen LogP contribution >= 0.6 is 0 Å². The molecule has 12 heteroatoms. The Balaban J connectivity index is 2.28. The van der Waals surface area contributed by atoms with E-state index < -0.39 is 34.1 Å². The molecular weight excluding hydrogens is 381 g/mol. The Morgan fingerprint density at radius 2 is 1.77 bits per heavy atom. The Morgan fingerprint density at radius 3 is 2.23 bits per heavy atom. The topological polar surface area (TPSA) is 104 Å². The van der Waals surface area contributed by atoms with Gasteiger partial charge in [0.15, 0.2) is 0 Å². The molecule has 1 aliphatic heterocycles. The molecule has 26 heavy (non-hydrogen) atoms. The van der Waals surface area contributed by atoms with Crippen molar-refractivity contribution in [2.45, 2.75) is 24.2 Å². The van der Waals surface area contributed by atoms with Crippen LogP contribution in [0.5, 0.6) is 5.75 Å². The highest BCUT2D eigenvalue weighted by atomic mass is 32.2. The summed E-state index contributed by atoms with van der Waals surface area (Å²) in [5, 5.41) is 9.30. The van der Waals surface area contributed by atoms with Gasteiger partial charge in [-0.15, -0.1) is 13.2 Å². The van der Waals surface area contributed by atoms with E-state index in [1.165, 1.54) is 11.8 Å². The molecule has 144 valence electrons. The molecule has 1 atom stereocenters. The van der Waals surface area contributed by atoms with Crippen LogP contribution in [0.4, 0.5) is 13.2 Å². The summed E-state index contributed by atoms with van der Waals surface area (Å²) in [7, 11) is -4.29. The Kier molecular flexibility index (Phi) is 5.47. The number of halogens is 3. The van der Waals surface area contributed by atoms with E-state index >= 15 is 0 Å². The van der Waals surface area contributed by atoms with Gasteiger partial charge in [0.1, 0.15) is 11.8 Å². The van der Waals surface area contributed by atoms with Crippen LogP contribution in [0.2, 0.25) is 0 Å². The summed E-state index contributed by atoms with van der Waals surface area (Å²) < 4.78 is 66.2. The van der Waals surface area contributed by atoms with Gasteiger partial charge in [-0.3, -0.25) is 9.59 Å². The molecular formula is C14H15F3N2O6S. The smallest absolute Gasteiger partial charge is 0.480 e. The lowest BCUT2D eigenvalue weighted by Gasteiger charge is -2.37. The molecule has 1 fully saturated rings. The number of hydrogen-bond acceptors (Lipinski definition) is 5. The molecule has 1 aliphatic rings. The third-order valence-electron chi connectivity index (χ3n) is 3.73. The van der Waals surface area contributed by atoms with E-state index in [1.54, 1.807) is 0 Å². The van der Waals surface area contributed by atoms with Gasteiger partial charge < -0.3 is 14.7 Å². The Morgan fingerprint density at radius 1 is 1.19 bits per heavy atom. The van der Waals surface area contributed by atoms with Gasteiger partial charge in [-0.1, -0.05) is 0 Å². The van der Waals surface area contributed by atoms with Crippen molar-refractivity contribution in [2.75, 3.05) is 19.6 Å². The van der Waals surface area contributed by atoms with Crippen molar-refractivity contribution in [1.29, 1.82) is 0 Å². The molecule has 0 aliphatic carbocycles. The van der Waals surface area contributed by atoms with Crippen molar-refractivity contribution in [3.8, 4) is 5.75 Å². The van der Waals surface area contributed by atoms with Gasteiger partial charge in [0, 0.05) is 26.6 Å². The fourth-order valence-corrected chi connectivity index (χ4v) is 4.05. The number of alkyl halides is 3. The van der Waals surface area contributed by atoms with Crippen molar-refractivity contribution in [2.24, 2.45) is 0 Å². The molecule has 0 saturated carbocycles. The predicted octanol–water partition coefficient (Wildman–Crippen LogP) is 0.891. The van der Waals surface area contributed by atoms with E-state index in [1.807, 2.05) is 0 Å². The van der Waals surface area contributed by atoms with Crippen LogP contribution in [0.25, 0.3) is 0 Å². The molecule has 1 aromatic carbocycles. The van der Waals surface area contributed by atoms with Crippen LogP contribution in [0.3, 0.4) is 0 Å². The number of ether oxygens (including phenoxy) is 1. The van der Waals surface area contributed by atoms with E-state index in [-0.39, 0.29) is 30.4 Å². The number of hydrogen-bond donors (Lipinski definition) is 1. The summed E-state index contributed by atoms with van der Waals surface area (Å²) in [6, 6.07) is 1.94. The Hall–Kier alpha value is -2.34. The molecule has 1 unspecified atom stereocenters. The van der Waals surface area contributed by atoms with Gasteiger partial charge in [0.25, 0.3) is 0 Å². The fraction of sp³-hybridized carbons (Fsp3) is 0.429. The molecule has 1 heterocycles. The number of aliphatic carboxylic acids is 1. The molecule has 0 spiro atoms. The van der Waals surface area contributed by atoms with Crippen LogP contribution in [0.1, 0.15) is 6.92 Å². The van der Waals surface area contributed by atoms with E-state index in [4.69, 9.17) is 0 Å². The lowest BCUT2D eigenvalue weighted by atomic mass is 10.2. The number of carboxylic acids is 1. The summed E-state index contributed by atoms with van der Waals surface area (Å²) in [6.07, 6.45) is -4.92. The van der Waals surface area contributed by atoms with Crippen molar-refractivity contribution in [1.82, 2.24) is 9.21 Å². The number of nitrogens with zero attached hydrogens (tertiary/aromatic N) is 2. The lowest BCUT2D eigenvalue weighted by Crippen LogP contribution is -2.58. The maximum atomic E-state index is 12.7. The van der Waals surface area contributed by atoms with Gasteiger partial charge >= 0.3 is 12.3 Å². The molecule has 1 saturated heterocycles. The summed E-state index contributed by atoms with van der Waals surface area (Å²) in [4.78, 5) is 23.7. The highest BCUT2D eigenvalue weighted by molar-refractivity contribution is 7.89. The lowest BCUT2D eigenvalue weighted by molar-refractivity contribution is -0.274. The maximum Gasteiger partial charge on any atom is 0.573 e. The first-order valence-corrected chi connectivity index (χ1v) is 8.72. The normalized spacial score (nSPS) is 19.2. The molecule has 0 aromatic heterocycles. The highest BCUT2D eigenvalue weighted by Crippen LogP contribution is 2.26. The van der Waals surface area contributed by atoms with Gasteiger partial charge in [0.2, 0.25) is 15.9 Å². The third kappa shape index (κ3) is 4.43. The predicted molar refractivity (Wildman–Crippen MR) is 80.7 cm³/mol. The number of carboxylic acid groups (broad SMARTS) is 1. The monoisotopic (exact) mass is 396 g/mol. The second-order valence-corrected chi connectivity index (χ2v) is 7.34. The number of carbonyl (C=O) groups is 2. The largest absolute Gasteiger partial charge is 0.573 e. The molecule has 0 radical (unpaired) electrons.